The van der Waals surface area contributed by atoms with E-state index in [1.54, 1.807) is 13.0 Å². The quantitative estimate of drug-likeness (QED) is 0.407. The molecule has 10 nitrogen and oxygen atoms in total. The number of anilines is 4. The Balaban J connectivity index is 1.63. The number of hydrogen-bond donors (Lipinski definition) is 4. The number of hydrogen-bond acceptors (Lipinski definition) is 9. The SMILES string of the molecule is CCc1nc(C(N)=O)c(Nc2ccc(N3CCN(C)CC3)c(C(C)=O)c2)nc1NC1CCC(O)CC1. The molecule has 1 saturated heterocycles. The monoisotopic (exact) mass is 495 g/mol. The molecule has 0 unspecified atom stereocenters. The third kappa shape index (κ3) is 5.93. The molecule has 1 aromatic heterocycles. The molecule has 2 aliphatic rings. The summed E-state index contributed by atoms with van der Waals surface area (Å²) in [6, 6.07) is 5.79. The highest BCUT2D eigenvalue weighted by Gasteiger charge is 2.24. The Morgan fingerprint density at radius 1 is 1.08 bits per heavy atom. The number of benzene rings is 1. The Hall–Kier alpha value is -3.24. The molecule has 0 bridgehead atoms. The van der Waals surface area contributed by atoms with Gasteiger partial charge < -0.3 is 31.3 Å². The zero-order chi connectivity index (χ0) is 25.8. The van der Waals surface area contributed by atoms with E-state index >= 15 is 0 Å². The maximum absolute atomic E-state index is 12.5. The second-order valence-electron chi connectivity index (χ2n) is 9.79. The lowest BCUT2D eigenvalue weighted by Gasteiger charge is -2.35. The molecule has 10 heteroatoms. The van der Waals surface area contributed by atoms with Crippen LogP contribution in [0.5, 0.6) is 0 Å². The Bertz CT molecular complexity index is 1110. The van der Waals surface area contributed by atoms with Crippen LogP contribution in [0.1, 0.15) is 66.1 Å². The maximum atomic E-state index is 12.5. The van der Waals surface area contributed by atoms with E-state index in [0.717, 1.165) is 57.5 Å². The van der Waals surface area contributed by atoms with Crippen LogP contribution in [0, 0.1) is 0 Å². The van der Waals surface area contributed by atoms with Crippen molar-refractivity contribution in [2.45, 2.75) is 58.1 Å². The smallest absolute Gasteiger partial charge is 0.271 e. The number of aliphatic hydroxyl groups is 1. The van der Waals surface area contributed by atoms with Gasteiger partial charge in [0.25, 0.3) is 5.91 Å². The summed E-state index contributed by atoms with van der Waals surface area (Å²) in [6.07, 6.45) is 3.48. The number of piperazine rings is 1. The van der Waals surface area contributed by atoms with Gasteiger partial charge in [-0.3, -0.25) is 9.59 Å². The van der Waals surface area contributed by atoms with Gasteiger partial charge in [0.15, 0.2) is 17.3 Å². The molecule has 1 saturated carbocycles. The maximum Gasteiger partial charge on any atom is 0.271 e. The topological polar surface area (TPSA) is 137 Å². The molecule has 0 atom stereocenters. The summed E-state index contributed by atoms with van der Waals surface area (Å²) in [5.41, 5.74) is 8.53. The van der Waals surface area contributed by atoms with Crippen LogP contribution in [0.15, 0.2) is 18.2 Å². The summed E-state index contributed by atoms with van der Waals surface area (Å²) in [6.45, 7) is 7.10. The first kappa shape index (κ1) is 25.8. The molecule has 36 heavy (non-hydrogen) atoms. The molecule has 194 valence electrons. The van der Waals surface area contributed by atoms with E-state index < -0.39 is 5.91 Å². The summed E-state index contributed by atoms with van der Waals surface area (Å²) < 4.78 is 0. The van der Waals surface area contributed by atoms with E-state index in [1.807, 2.05) is 19.1 Å². The Labute approximate surface area is 212 Å². The minimum atomic E-state index is -0.673. The number of nitrogens with one attached hydrogen (secondary N) is 2. The van der Waals surface area contributed by atoms with E-state index in [4.69, 9.17) is 10.7 Å². The average Bonchev–Trinajstić information content (AvgIpc) is 2.86. The molecule has 1 aliphatic carbocycles. The minimum absolute atomic E-state index is 0.0306. The molecule has 2 aromatic rings. The second kappa shape index (κ2) is 11.2. The summed E-state index contributed by atoms with van der Waals surface area (Å²) in [5, 5.41) is 16.5. The number of aryl methyl sites for hydroxylation is 1. The van der Waals surface area contributed by atoms with Gasteiger partial charge in [-0.15, -0.1) is 0 Å². The predicted octanol–water partition coefficient (Wildman–Crippen LogP) is 2.55. The molecular formula is C26H37N7O3. The van der Waals surface area contributed by atoms with Gasteiger partial charge in [0, 0.05) is 49.2 Å². The molecule has 1 aromatic carbocycles. The van der Waals surface area contributed by atoms with Crippen LogP contribution in [-0.2, 0) is 6.42 Å². The third-order valence-electron chi connectivity index (χ3n) is 7.06. The number of nitrogens with two attached hydrogens (primary N) is 1. The summed E-state index contributed by atoms with van der Waals surface area (Å²) in [4.78, 5) is 38.5. The third-order valence-corrected chi connectivity index (χ3v) is 7.06. The molecular weight excluding hydrogens is 458 g/mol. The molecule has 1 amide bonds. The van der Waals surface area contributed by atoms with Crippen LogP contribution in [0.25, 0.3) is 0 Å². The molecule has 4 rings (SSSR count). The van der Waals surface area contributed by atoms with E-state index in [-0.39, 0.29) is 29.4 Å². The summed E-state index contributed by atoms with van der Waals surface area (Å²) in [7, 11) is 2.10. The van der Waals surface area contributed by atoms with Gasteiger partial charge in [-0.1, -0.05) is 6.92 Å². The standard InChI is InChI=1S/C26H37N7O3/c1-4-21-25(28-17-5-8-19(35)9-6-17)31-26(23(30-21)24(27)36)29-18-7-10-22(20(15-18)16(2)34)33-13-11-32(3)12-14-33/h7,10,15,17,19,35H,4-6,8-9,11-14H2,1-3H3,(H2,27,36)(H2,28,29,31). The van der Waals surface area contributed by atoms with E-state index in [1.165, 1.54) is 0 Å². The first-order chi connectivity index (χ1) is 17.2. The average molecular weight is 496 g/mol. The Morgan fingerprint density at radius 2 is 1.78 bits per heavy atom. The van der Waals surface area contributed by atoms with Gasteiger partial charge in [0.2, 0.25) is 0 Å². The highest BCUT2D eigenvalue weighted by atomic mass is 16.3. The van der Waals surface area contributed by atoms with Gasteiger partial charge in [-0.25, -0.2) is 9.97 Å². The number of aromatic nitrogens is 2. The van der Waals surface area contributed by atoms with Crippen molar-refractivity contribution in [1.29, 1.82) is 0 Å². The van der Waals surface area contributed by atoms with Crippen LogP contribution >= 0.6 is 0 Å². The lowest BCUT2D eigenvalue weighted by Crippen LogP contribution is -2.44. The van der Waals surface area contributed by atoms with Crippen molar-refractivity contribution in [3.63, 3.8) is 0 Å². The second-order valence-corrected chi connectivity index (χ2v) is 9.79. The zero-order valence-electron chi connectivity index (χ0n) is 21.4. The van der Waals surface area contributed by atoms with Crippen LogP contribution in [0.4, 0.5) is 23.0 Å². The van der Waals surface area contributed by atoms with E-state index in [9.17, 15) is 14.7 Å². The van der Waals surface area contributed by atoms with Crippen LogP contribution in [-0.4, -0.2) is 77.0 Å². The number of amides is 1. The molecule has 2 heterocycles. The van der Waals surface area contributed by atoms with Gasteiger partial charge in [0.05, 0.1) is 11.8 Å². The van der Waals surface area contributed by atoms with Crippen LogP contribution in [0.2, 0.25) is 0 Å². The van der Waals surface area contributed by atoms with Gasteiger partial charge in [-0.2, -0.15) is 0 Å². The highest BCUT2D eigenvalue weighted by molar-refractivity contribution is 6.01. The number of likely N-dealkylation sites (N-methyl/N-ethyl adjacent to an activating group) is 1. The van der Waals surface area contributed by atoms with Crippen molar-refractivity contribution in [2.24, 2.45) is 5.73 Å². The van der Waals surface area contributed by atoms with Crippen molar-refractivity contribution >= 4 is 34.7 Å². The van der Waals surface area contributed by atoms with Crippen molar-refractivity contribution in [3.05, 3.63) is 35.2 Å². The largest absolute Gasteiger partial charge is 0.393 e. The van der Waals surface area contributed by atoms with Crippen molar-refractivity contribution in [2.75, 3.05) is 48.8 Å². The highest BCUT2D eigenvalue weighted by Crippen LogP contribution is 2.30. The molecule has 5 N–H and O–H groups in total. The fourth-order valence-electron chi connectivity index (χ4n) is 4.86. The van der Waals surface area contributed by atoms with Crippen LogP contribution < -0.4 is 21.3 Å². The van der Waals surface area contributed by atoms with E-state index in [0.29, 0.717) is 29.2 Å². The molecule has 0 radical (unpaired) electrons. The normalized spacial score (nSPS) is 20.7. The number of carbonyl (C=O) groups is 2. The van der Waals surface area contributed by atoms with Crippen molar-refractivity contribution in [3.8, 4) is 0 Å². The fourth-order valence-corrected chi connectivity index (χ4v) is 4.86. The first-order valence-electron chi connectivity index (χ1n) is 12.8. The number of primary amides is 1. The molecule has 2 fully saturated rings. The number of Topliss-reactive ketones (excluding diaryl/α,β-unsaturated/α-hetero) is 1. The number of nitrogens with zero attached hydrogens (tertiary/aromatic N) is 4. The number of rotatable bonds is 8. The number of aliphatic hydroxyl groups excluding tert-OH is 1. The summed E-state index contributed by atoms with van der Waals surface area (Å²) in [5.74, 6) is 0.150. The minimum Gasteiger partial charge on any atom is -0.393 e. The number of ketones is 1. The van der Waals surface area contributed by atoms with Crippen molar-refractivity contribution in [1.82, 2.24) is 14.9 Å². The Morgan fingerprint density at radius 3 is 2.39 bits per heavy atom. The van der Waals surface area contributed by atoms with Gasteiger partial charge in [0.1, 0.15) is 5.82 Å². The lowest BCUT2D eigenvalue weighted by atomic mass is 9.93. The van der Waals surface area contributed by atoms with Gasteiger partial charge in [-0.05, 0) is 64.3 Å². The summed E-state index contributed by atoms with van der Waals surface area (Å²) >= 11 is 0. The fraction of sp³-hybridized carbons (Fsp3) is 0.538. The first-order valence-corrected chi connectivity index (χ1v) is 12.8. The lowest BCUT2D eigenvalue weighted by molar-refractivity contribution is 0.0992. The van der Waals surface area contributed by atoms with E-state index in [2.05, 4.69) is 32.5 Å². The Kier molecular flexibility index (Phi) is 8.05. The zero-order valence-corrected chi connectivity index (χ0v) is 21.4. The molecule has 0 spiro atoms. The number of carbonyl (C=O) groups excluding carboxylic acids is 2. The predicted molar refractivity (Wildman–Crippen MR) is 141 cm³/mol. The molecule has 1 aliphatic heterocycles. The van der Waals surface area contributed by atoms with Crippen LogP contribution in [0.3, 0.4) is 0 Å². The van der Waals surface area contributed by atoms with Crippen molar-refractivity contribution < 1.29 is 14.7 Å². The van der Waals surface area contributed by atoms with Gasteiger partial charge >= 0.3 is 0 Å².